The lowest BCUT2D eigenvalue weighted by molar-refractivity contribution is 0.285. The first-order chi connectivity index (χ1) is 8.95. The Labute approximate surface area is 126 Å². The SMILES string of the molecule is CC1CCCN(S(=O)(=O)c2cc(CO)sc2Br)CC1. The van der Waals surface area contributed by atoms with Crippen molar-refractivity contribution in [3.05, 3.63) is 14.7 Å². The fourth-order valence-corrected chi connectivity index (χ4v) is 6.25. The molecule has 19 heavy (non-hydrogen) atoms. The standard InChI is InChI=1S/C12H18BrNO3S2/c1-9-3-2-5-14(6-4-9)19(16,17)11-7-10(8-15)18-12(11)13/h7,9,15H,2-6,8H2,1H3. The summed E-state index contributed by atoms with van der Waals surface area (Å²) >= 11 is 4.57. The quantitative estimate of drug-likeness (QED) is 0.893. The van der Waals surface area contributed by atoms with Crippen molar-refractivity contribution in [3.63, 3.8) is 0 Å². The van der Waals surface area contributed by atoms with E-state index in [1.165, 1.54) is 11.3 Å². The Balaban J connectivity index is 2.28. The van der Waals surface area contributed by atoms with Gasteiger partial charge in [0.05, 0.1) is 10.4 Å². The number of thiophene rings is 1. The maximum absolute atomic E-state index is 12.6. The number of hydrogen-bond acceptors (Lipinski definition) is 4. The Bertz CT molecular complexity index is 541. The summed E-state index contributed by atoms with van der Waals surface area (Å²) in [6.45, 7) is 3.21. The van der Waals surface area contributed by atoms with Crippen LogP contribution in [0.4, 0.5) is 0 Å². The summed E-state index contributed by atoms with van der Waals surface area (Å²) in [4.78, 5) is 0.949. The number of aliphatic hydroxyl groups is 1. The second kappa shape index (κ2) is 6.22. The molecule has 0 bridgehead atoms. The van der Waals surface area contributed by atoms with Gasteiger partial charge in [-0.1, -0.05) is 6.92 Å². The lowest BCUT2D eigenvalue weighted by Gasteiger charge is -2.19. The summed E-state index contributed by atoms with van der Waals surface area (Å²) < 4.78 is 27.4. The molecule has 0 aliphatic carbocycles. The van der Waals surface area contributed by atoms with Crippen LogP contribution >= 0.6 is 27.3 Å². The monoisotopic (exact) mass is 367 g/mol. The van der Waals surface area contributed by atoms with Gasteiger partial charge in [-0.3, -0.25) is 0 Å². The normalized spacial score (nSPS) is 22.4. The molecular formula is C12H18BrNO3S2. The molecule has 1 aliphatic rings. The van der Waals surface area contributed by atoms with Gasteiger partial charge in [0.25, 0.3) is 0 Å². The molecule has 1 saturated heterocycles. The molecule has 0 saturated carbocycles. The molecule has 1 aliphatic heterocycles. The largest absolute Gasteiger partial charge is 0.391 e. The van der Waals surface area contributed by atoms with E-state index in [-0.39, 0.29) is 11.5 Å². The van der Waals surface area contributed by atoms with Crippen LogP contribution in [0, 0.1) is 5.92 Å². The van der Waals surface area contributed by atoms with Crippen molar-refractivity contribution in [2.75, 3.05) is 13.1 Å². The summed E-state index contributed by atoms with van der Waals surface area (Å²) in [7, 11) is -3.44. The van der Waals surface area contributed by atoms with Gasteiger partial charge in [0.1, 0.15) is 4.90 Å². The predicted molar refractivity (Wildman–Crippen MR) is 79.7 cm³/mol. The van der Waals surface area contributed by atoms with E-state index >= 15 is 0 Å². The molecular weight excluding hydrogens is 350 g/mol. The Kier molecular flexibility index (Phi) is 5.05. The molecule has 7 heteroatoms. The minimum Gasteiger partial charge on any atom is -0.391 e. The molecule has 0 aromatic carbocycles. The maximum Gasteiger partial charge on any atom is 0.245 e. The van der Waals surface area contributed by atoms with Crippen LogP contribution < -0.4 is 0 Å². The number of rotatable bonds is 3. The Morgan fingerprint density at radius 2 is 2.21 bits per heavy atom. The number of nitrogens with zero attached hydrogens (tertiary/aromatic N) is 1. The van der Waals surface area contributed by atoms with Gasteiger partial charge in [-0.25, -0.2) is 8.42 Å². The molecule has 1 atom stereocenters. The molecule has 108 valence electrons. The van der Waals surface area contributed by atoms with Crippen molar-refractivity contribution >= 4 is 37.3 Å². The van der Waals surface area contributed by atoms with Gasteiger partial charge in [-0.05, 0) is 47.2 Å². The second-order valence-electron chi connectivity index (χ2n) is 4.95. The average Bonchev–Trinajstić information content (AvgIpc) is 2.60. The van der Waals surface area contributed by atoms with Crippen molar-refractivity contribution in [3.8, 4) is 0 Å². The van der Waals surface area contributed by atoms with Crippen LogP contribution in [0.3, 0.4) is 0 Å². The first-order valence-corrected chi connectivity index (χ1v) is 9.39. The molecule has 0 amide bonds. The van der Waals surface area contributed by atoms with E-state index in [1.807, 2.05) is 0 Å². The number of sulfonamides is 1. The molecule has 4 nitrogen and oxygen atoms in total. The highest BCUT2D eigenvalue weighted by atomic mass is 79.9. The minimum absolute atomic E-state index is 0.129. The van der Waals surface area contributed by atoms with E-state index in [1.54, 1.807) is 10.4 Å². The molecule has 2 rings (SSSR count). The van der Waals surface area contributed by atoms with Gasteiger partial charge in [0, 0.05) is 18.0 Å². The van der Waals surface area contributed by atoms with Gasteiger partial charge in [-0.15, -0.1) is 11.3 Å². The molecule has 1 aromatic heterocycles. The van der Waals surface area contributed by atoms with Gasteiger partial charge in [0.15, 0.2) is 0 Å². The zero-order valence-corrected chi connectivity index (χ0v) is 14.0. The third-order valence-corrected chi connectivity index (χ3v) is 7.59. The Morgan fingerprint density at radius 1 is 1.47 bits per heavy atom. The van der Waals surface area contributed by atoms with Crippen LogP contribution in [0.2, 0.25) is 0 Å². The van der Waals surface area contributed by atoms with Crippen LogP contribution in [0.1, 0.15) is 31.1 Å². The summed E-state index contributed by atoms with van der Waals surface area (Å²) in [6.07, 6.45) is 2.90. The van der Waals surface area contributed by atoms with Crippen molar-refractivity contribution in [1.29, 1.82) is 0 Å². The van der Waals surface area contributed by atoms with Crippen molar-refractivity contribution < 1.29 is 13.5 Å². The maximum atomic E-state index is 12.6. The van der Waals surface area contributed by atoms with E-state index in [0.717, 1.165) is 19.3 Å². The summed E-state index contributed by atoms with van der Waals surface area (Å²) in [5, 5.41) is 9.11. The third kappa shape index (κ3) is 3.39. The van der Waals surface area contributed by atoms with Crippen LogP contribution in [0.5, 0.6) is 0 Å². The first kappa shape index (κ1) is 15.4. The van der Waals surface area contributed by atoms with Gasteiger partial charge in [-0.2, -0.15) is 4.31 Å². The highest BCUT2D eigenvalue weighted by molar-refractivity contribution is 9.11. The van der Waals surface area contributed by atoms with Crippen molar-refractivity contribution in [2.24, 2.45) is 5.92 Å². The zero-order chi connectivity index (χ0) is 14.0. The van der Waals surface area contributed by atoms with Crippen molar-refractivity contribution in [1.82, 2.24) is 4.31 Å². The highest BCUT2D eigenvalue weighted by Gasteiger charge is 2.29. The Morgan fingerprint density at radius 3 is 2.84 bits per heavy atom. The fraction of sp³-hybridized carbons (Fsp3) is 0.667. The number of hydrogen-bond donors (Lipinski definition) is 1. The highest BCUT2D eigenvalue weighted by Crippen LogP contribution is 2.34. The fourth-order valence-electron chi connectivity index (χ4n) is 2.27. The molecule has 1 aromatic rings. The van der Waals surface area contributed by atoms with Crippen molar-refractivity contribution in [2.45, 2.75) is 37.7 Å². The summed E-state index contributed by atoms with van der Waals surface area (Å²) in [6, 6.07) is 1.57. The van der Waals surface area contributed by atoms with E-state index in [0.29, 0.717) is 27.7 Å². The van der Waals surface area contributed by atoms with Crippen LogP contribution in [-0.2, 0) is 16.6 Å². The first-order valence-electron chi connectivity index (χ1n) is 6.34. The third-order valence-electron chi connectivity index (χ3n) is 3.46. The molecule has 1 fully saturated rings. The Hall–Kier alpha value is 0.0500. The van der Waals surface area contributed by atoms with Crippen LogP contribution in [0.25, 0.3) is 0 Å². The number of aliphatic hydroxyl groups excluding tert-OH is 1. The second-order valence-corrected chi connectivity index (χ2v) is 9.31. The van der Waals surface area contributed by atoms with Crippen LogP contribution in [0.15, 0.2) is 14.7 Å². The summed E-state index contributed by atoms with van der Waals surface area (Å²) in [5.41, 5.74) is 0. The lowest BCUT2D eigenvalue weighted by atomic mass is 10.0. The molecule has 0 spiro atoms. The molecule has 1 N–H and O–H groups in total. The van der Waals surface area contributed by atoms with E-state index < -0.39 is 10.0 Å². The van der Waals surface area contributed by atoms with Gasteiger partial charge in [0.2, 0.25) is 10.0 Å². The smallest absolute Gasteiger partial charge is 0.245 e. The summed E-state index contributed by atoms with van der Waals surface area (Å²) in [5.74, 6) is 0.583. The molecule has 1 unspecified atom stereocenters. The topological polar surface area (TPSA) is 57.6 Å². The van der Waals surface area contributed by atoms with E-state index in [9.17, 15) is 8.42 Å². The molecule has 0 radical (unpaired) electrons. The molecule has 2 heterocycles. The van der Waals surface area contributed by atoms with Crippen LogP contribution in [-0.4, -0.2) is 30.9 Å². The number of halogens is 1. The minimum atomic E-state index is -3.44. The van der Waals surface area contributed by atoms with E-state index in [4.69, 9.17) is 5.11 Å². The van der Waals surface area contributed by atoms with Gasteiger partial charge >= 0.3 is 0 Å². The van der Waals surface area contributed by atoms with E-state index in [2.05, 4.69) is 22.9 Å². The van der Waals surface area contributed by atoms with Gasteiger partial charge < -0.3 is 5.11 Å². The zero-order valence-electron chi connectivity index (χ0n) is 10.8. The average molecular weight is 368 g/mol. The predicted octanol–water partition coefficient (Wildman–Crippen LogP) is 2.81. The lowest BCUT2D eigenvalue weighted by Crippen LogP contribution is -2.32.